The molecule has 4 aromatic carbocycles. The minimum absolute atomic E-state index is 0.0219. The van der Waals surface area contributed by atoms with Gasteiger partial charge in [-0.3, -0.25) is 15.0 Å². The van der Waals surface area contributed by atoms with Crippen molar-refractivity contribution in [1.29, 1.82) is 0 Å². The summed E-state index contributed by atoms with van der Waals surface area (Å²) in [5.41, 5.74) is 13.9. The molecule has 3 N–H and O–H groups in total. The van der Waals surface area contributed by atoms with E-state index in [0.717, 1.165) is 24.2 Å². The molecule has 0 spiro atoms. The standard InChI is InChI=1S/C38H45N5O3/c1-38(2,3)31-18-16-29(17-19-31)28-43(34-14-7-8-15-35(34)46-33-13-9-10-30(26-33)27-39)37(45)21-20-36(44)40-42-24-22-41(23-25-42)32-11-5-4-6-12-32/h4-19,26H,20-25,27-28,39H2,1-3H3,(H,40,44). The summed E-state index contributed by atoms with van der Waals surface area (Å²) in [7, 11) is 0. The maximum absolute atomic E-state index is 13.9. The van der Waals surface area contributed by atoms with Crippen LogP contribution in [0, 0.1) is 0 Å². The van der Waals surface area contributed by atoms with Gasteiger partial charge in [-0.15, -0.1) is 0 Å². The van der Waals surface area contributed by atoms with Crippen molar-refractivity contribution in [3.8, 4) is 11.5 Å². The Morgan fingerprint density at radius 1 is 0.804 bits per heavy atom. The van der Waals surface area contributed by atoms with Gasteiger partial charge in [-0.05, 0) is 58.5 Å². The summed E-state index contributed by atoms with van der Waals surface area (Å²) in [6, 6.07) is 33.8. The van der Waals surface area contributed by atoms with Gasteiger partial charge >= 0.3 is 0 Å². The highest BCUT2D eigenvalue weighted by atomic mass is 16.5. The molecule has 1 fully saturated rings. The quantitative estimate of drug-likeness (QED) is 0.202. The lowest BCUT2D eigenvalue weighted by molar-refractivity contribution is -0.128. The third kappa shape index (κ3) is 8.74. The van der Waals surface area contributed by atoms with Gasteiger partial charge in [0, 0.05) is 51.3 Å². The number of para-hydroxylation sites is 3. The van der Waals surface area contributed by atoms with Crippen LogP contribution < -0.4 is 25.7 Å². The van der Waals surface area contributed by atoms with E-state index in [1.165, 1.54) is 11.3 Å². The van der Waals surface area contributed by atoms with Gasteiger partial charge in [-0.1, -0.05) is 87.5 Å². The number of carbonyl (C=O) groups is 2. The summed E-state index contributed by atoms with van der Waals surface area (Å²) in [6.07, 6.45) is 0.144. The summed E-state index contributed by atoms with van der Waals surface area (Å²) in [5.74, 6) is 0.871. The first-order valence-corrected chi connectivity index (χ1v) is 16.0. The highest BCUT2D eigenvalue weighted by molar-refractivity contribution is 5.96. The largest absolute Gasteiger partial charge is 0.455 e. The Balaban J connectivity index is 1.28. The molecule has 5 rings (SSSR count). The summed E-state index contributed by atoms with van der Waals surface area (Å²) in [5, 5.41) is 1.94. The van der Waals surface area contributed by atoms with Gasteiger partial charge in [0.1, 0.15) is 5.75 Å². The molecule has 1 saturated heterocycles. The lowest BCUT2D eigenvalue weighted by atomic mass is 9.87. The van der Waals surface area contributed by atoms with Gasteiger partial charge in [0.05, 0.1) is 12.2 Å². The van der Waals surface area contributed by atoms with Crippen molar-refractivity contribution in [2.75, 3.05) is 36.0 Å². The van der Waals surface area contributed by atoms with Gasteiger partial charge in [0.25, 0.3) is 0 Å². The first kappa shape index (κ1) is 32.7. The van der Waals surface area contributed by atoms with E-state index in [9.17, 15) is 9.59 Å². The van der Waals surface area contributed by atoms with Crippen LogP contribution in [0.3, 0.4) is 0 Å². The minimum atomic E-state index is -0.167. The van der Waals surface area contributed by atoms with Gasteiger partial charge in [0.2, 0.25) is 11.8 Å². The van der Waals surface area contributed by atoms with Gasteiger partial charge in [-0.25, -0.2) is 5.01 Å². The summed E-state index contributed by atoms with van der Waals surface area (Å²) < 4.78 is 6.31. The van der Waals surface area contributed by atoms with Crippen LogP contribution in [0.2, 0.25) is 0 Å². The zero-order chi connectivity index (χ0) is 32.5. The lowest BCUT2D eigenvalue weighted by Crippen LogP contribution is -2.53. The maximum atomic E-state index is 13.9. The number of anilines is 2. The number of nitrogens with two attached hydrogens (primary N) is 1. The van der Waals surface area contributed by atoms with Gasteiger partial charge < -0.3 is 20.3 Å². The lowest BCUT2D eigenvalue weighted by Gasteiger charge is -2.36. The molecular formula is C38H45N5O3. The number of amides is 2. The molecular weight excluding hydrogens is 574 g/mol. The number of hydrazine groups is 1. The van der Waals surface area contributed by atoms with Crippen molar-refractivity contribution < 1.29 is 14.3 Å². The topological polar surface area (TPSA) is 91.1 Å². The molecule has 0 saturated carbocycles. The highest BCUT2D eigenvalue weighted by Crippen LogP contribution is 2.34. The fourth-order valence-electron chi connectivity index (χ4n) is 5.53. The van der Waals surface area contributed by atoms with E-state index in [2.05, 4.69) is 67.5 Å². The Morgan fingerprint density at radius 2 is 1.50 bits per heavy atom. The first-order valence-electron chi connectivity index (χ1n) is 16.0. The Kier molecular flexibility index (Phi) is 10.7. The molecule has 2 amide bonds. The summed E-state index contributed by atoms with van der Waals surface area (Å²) >= 11 is 0. The number of benzene rings is 4. The second kappa shape index (κ2) is 15.1. The van der Waals surface area contributed by atoms with Crippen molar-refractivity contribution in [2.24, 2.45) is 5.73 Å². The number of nitrogens with zero attached hydrogens (tertiary/aromatic N) is 3. The number of nitrogens with one attached hydrogen (secondary N) is 1. The van der Waals surface area contributed by atoms with Crippen molar-refractivity contribution in [1.82, 2.24) is 10.4 Å². The minimum Gasteiger partial charge on any atom is -0.455 e. The van der Waals surface area contributed by atoms with Crippen LogP contribution in [0.25, 0.3) is 0 Å². The Labute approximate surface area is 272 Å². The van der Waals surface area contributed by atoms with Crippen LogP contribution in [0.1, 0.15) is 50.3 Å². The average Bonchev–Trinajstić information content (AvgIpc) is 3.07. The molecule has 1 aliphatic heterocycles. The number of piperazine rings is 1. The third-order valence-corrected chi connectivity index (χ3v) is 8.23. The predicted molar refractivity (Wildman–Crippen MR) is 185 cm³/mol. The van der Waals surface area contributed by atoms with E-state index in [-0.39, 0.29) is 30.1 Å². The van der Waals surface area contributed by atoms with Crippen LogP contribution in [-0.4, -0.2) is 43.0 Å². The molecule has 8 heteroatoms. The second-order valence-corrected chi connectivity index (χ2v) is 12.7. The zero-order valence-corrected chi connectivity index (χ0v) is 27.1. The molecule has 0 radical (unpaired) electrons. The molecule has 1 aliphatic rings. The molecule has 4 aromatic rings. The van der Waals surface area contributed by atoms with Gasteiger partial charge in [-0.2, -0.15) is 0 Å². The molecule has 0 aromatic heterocycles. The normalized spacial score (nSPS) is 13.7. The Morgan fingerprint density at radius 3 is 2.20 bits per heavy atom. The van der Waals surface area contributed by atoms with E-state index >= 15 is 0 Å². The van der Waals surface area contributed by atoms with Crippen molar-refractivity contribution >= 4 is 23.2 Å². The highest BCUT2D eigenvalue weighted by Gasteiger charge is 2.23. The van der Waals surface area contributed by atoms with E-state index in [1.54, 1.807) is 4.90 Å². The predicted octanol–water partition coefficient (Wildman–Crippen LogP) is 6.40. The van der Waals surface area contributed by atoms with E-state index in [4.69, 9.17) is 10.5 Å². The molecule has 240 valence electrons. The van der Waals surface area contributed by atoms with Crippen molar-refractivity contribution in [3.63, 3.8) is 0 Å². The van der Waals surface area contributed by atoms with Crippen LogP contribution in [-0.2, 0) is 28.1 Å². The molecule has 0 atom stereocenters. The number of ether oxygens (including phenoxy) is 1. The van der Waals surface area contributed by atoms with Crippen molar-refractivity contribution in [3.05, 3.63) is 120 Å². The number of hydrogen-bond acceptors (Lipinski definition) is 6. The van der Waals surface area contributed by atoms with Crippen molar-refractivity contribution in [2.45, 2.75) is 52.1 Å². The monoisotopic (exact) mass is 619 g/mol. The van der Waals surface area contributed by atoms with Crippen LogP contribution >= 0.6 is 0 Å². The zero-order valence-electron chi connectivity index (χ0n) is 27.1. The molecule has 0 unspecified atom stereocenters. The number of hydrogen-bond donors (Lipinski definition) is 2. The fourth-order valence-corrected chi connectivity index (χ4v) is 5.53. The number of rotatable bonds is 11. The average molecular weight is 620 g/mol. The second-order valence-electron chi connectivity index (χ2n) is 12.7. The van der Waals surface area contributed by atoms with E-state index in [1.807, 2.05) is 71.7 Å². The SMILES string of the molecule is CC(C)(C)c1ccc(CN(C(=O)CCC(=O)NN2CCN(c3ccccc3)CC2)c2ccccc2Oc2cccc(CN)c2)cc1. The van der Waals surface area contributed by atoms with Gasteiger partial charge in [0.15, 0.2) is 5.75 Å². The molecule has 0 bridgehead atoms. The molecule has 46 heavy (non-hydrogen) atoms. The smallest absolute Gasteiger partial charge is 0.234 e. The fraction of sp³-hybridized carbons (Fsp3) is 0.316. The molecule has 1 heterocycles. The molecule has 8 nitrogen and oxygen atoms in total. The van der Waals surface area contributed by atoms with E-state index < -0.39 is 0 Å². The Hall–Kier alpha value is -4.66. The maximum Gasteiger partial charge on any atom is 0.234 e. The van der Waals surface area contributed by atoms with Crippen LogP contribution in [0.15, 0.2) is 103 Å². The Bertz CT molecular complexity index is 1590. The van der Waals surface area contributed by atoms with E-state index in [0.29, 0.717) is 43.4 Å². The molecule has 0 aliphatic carbocycles. The summed E-state index contributed by atoms with van der Waals surface area (Å²) in [4.78, 5) is 31.0. The third-order valence-electron chi connectivity index (χ3n) is 8.23. The summed E-state index contributed by atoms with van der Waals surface area (Å²) in [6.45, 7) is 10.3. The number of carbonyl (C=O) groups excluding carboxylic acids is 2. The van der Waals surface area contributed by atoms with Crippen LogP contribution in [0.5, 0.6) is 11.5 Å². The first-order chi connectivity index (χ1) is 22.2. The van der Waals surface area contributed by atoms with Crippen LogP contribution in [0.4, 0.5) is 11.4 Å².